The number of thioether (sulfide) groups is 1. The number of nitrogens with zero attached hydrogens (tertiary/aromatic N) is 2. The van der Waals surface area contributed by atoms with Gasteiger partial charge < -0.3 is 10.4 Å². The first-order valence-corrected chi connectivity index (χ1v) is 8.81. The molecule has 0 radical (unpaired) electrons. The Labute approximate surface area is 148 Å². The molecule has 0 fully saturated rings. The minimum absolute atomic E-state index is 0.0874. The zero-order chi connectivity index (χ0) is 17.5. The number of nitrogens with one attached hydrogen (secondary N) is 1. The molecule has 6 nitrogen and oxygen atoms in total. The van der Waals surface area contributed by atoms with Crippen LogP contribution in [0.5, 0.6) is 5.88 Å². The summed E-state index contributed by atoms with van der Waals surface area (Å²) >= 11 is 7.15. The average Bonchev–Trinajstić information content (AvgIpc) is 2.55. The summed E-state index contributed by atoms with van der Waals surface area (Å²) in [6.45, 7) is 2.74. The van der Waals surface area contributed by atoms with E-state index in [9.17, 15) is 14.7 Å². The largest absolute Gasteiger partial charge is 0.493 e. The van der Waals surface area contributed by atoms with Crippen molar-refractivity contribution in [3.8, 4) is 5.88 Å². The minimum Gasteiger partial charge on any atom is -0.493 e. The summed E-state index contributed by atoms with van der Waals surface area (Å²) in [6, 6.07) is 8.34. The van der Waals surface area contributed by atoms with Crippen LogP contribution in [-0.4, -0.2) is 26.3 Å². The average molecular weight is 368 g/mol. The Bertz CT molecular complexity index is 779. The fourth-order valence-electron chi connectivity index (χ4n) is 2.03. The molecule has 1 heterocycles. The van der Waals surface area contributed by atoms with E-state index in [0.717, 1.165) is 29.8 Å². The van der Waals surface area contributed by atoms with E-state index in [2.05, 4.69) is 10.3 Å². The number of carbonyl (C=O) groups excluding carboxylic acids is 1. The Morgan fingerprint density at radius 3 is 2.88 bits per heavy atom. The summed E-state index contributed by atoms with van der Waals surface area (Å²) in [7, 11) is 0. The molecule has 0 saturated heterocycles. The molecule has 0 saturated carbocycles. The zero-order valence-corrected chi connectivity index (χ0v) is 14.7. The van der Waals surface area contributed by atoms with Crippen LogP contribution >= 0.6 is 23.4 Å². The minimum atomic E-state index is -0.341. The van der Waals surface area contributed by atoms with Crippen molar-refractivity contribution in [3.05, 3.63) is 51.3 Å². The highest BCUT2D eigenvalue weighted by molar-refractivity contribution is 7.99. The lowest BCUT2D eigenvalue weighted by Crippen LogP contribution is -2.26. The maximum absolute atomic E-state index is 12.0. The quantitative estimate of drug-likeness (QED) is 0.580. The van der Waals surface area contributed by atoms with E-state index in [-0.39, 0.29) is 23.1 Å². The lowest BCUT2D eigenvalue weighted by molar-refractivity contribution is -0.118. The number of rotatable bonds is 7. The molecule has 2 aromatic rings. The van der Waals surface area contributed by atoms with Crippen LogP contribution in [0.15, 0.2) is 40.3 Å². The van der Waals surface area contributed by atoms with Gasteiger partial charge in [-0.3, -0.25) is 14.2 Å². The second-order valence-corrected chi connectivity index (χ2v) is 6.39. The van der Waals surface area contributed by atoms with Crippen LogP contribution < -0.4 is 10.9 Å². The van der Waals surface area contributed by atoms with Gasteiger partial charge in [-0.2, -0.15) is 4.98 Å². The van der Waals surface area contributed by atoms with Gasteiger partial charge in [0.2, 0.25) is 11.8 Å². The van der Waals surface area contributed by atoms with Gasteiger partial charge in [-0.1, -0.05) is 48.5 Å². The summed E-state index contributed by atoms with van der Waals surface area (Å²) in [4.78, 5) is 27.8. The molecule has 0 atom stereocenters. The predicted molar refractivity (Wildman–Crippen MR) is 94.5 cm³/mol. The van der Waals surface area contributed by atoms with Crippen molar-refractivity contribution in [2.75, 3.05) is 5.75 Å². The van der Waals surface area contributed by atoms with Gasteiger partial charge in [0.1, 0.15) is 0 Å². The van der Waals surface area contributed by atoms with Gasteiger partial charge in [-0.05, 0) is 18.1 Å². The number of amides is 1. The standard InChI is InChI=1S/C16H18ClN3O3S/c1-2-7-20-15(23)8-13(21)19-16(20)24-10-14(22)18-9-11-5-3-4-6-12(11)17/h3-6,8,21H,2,7,9-10H2,1H3,(H,18,22). The molecule has 24 heavy (non-hydrogen) atoms. The maximum Gasteiger partial charge on any atom is 0.257 e. The van der Waals surface area contributed by atoms with Crippen LogP contribution in [-0.2, 0) is 17.9 Å². The van der Waals surface area contributed by atoms with Crippen molar-refractivity contribution in [2.24, 2.45) is 0 Å². The smallest absolute Gasteiger partial charge is 0.257 e. The molecule has 1 amide bonds. The van der Waals surface area contributed by atoms with E-state index in [1.54, 1.807) is 6.07 Å². The summed E-state index contributed by atoms with van der Waals surface area (Å²) in [6.07, 6.45) is 0.749. The second-order valence-electron chi connectivity index (χ2n) is 5.04. The molecule has 0 aliphatic carbocycles. The van der Waals surface area contributed by atoms with Gasteiger partial charge in [-0.25, -0.2) is 0 Å². The normalized spacial score (nSPS) is 10.6. The van der Waals surface area contributed by atoms with Crippen molar-refractivity contribution >= 4 is 29.3 Å². The summed E-state index contributed by atoms with van der Waals surface area (Å²) in [5.74, 6) is -0.462. The molecule has 1 aromatic heterocycles. The Balaban J connectivity index is 1.97. The van der Waals surface area contributed by atoms with Gasteiger partial charge in [0.15, 0.2) is 5.16 Å². The molecular formula is C16H18ClN3O3S. The number of hydrogen-bond donors (Lipinski definition) is 2. The zero-order valence-electron chi connectivity index (χ0n) is 13.2. The number of hydrogen-bond acceptors (Lipinski definition) is 5. The van der Waals surface area contributed by atoms with E-state index < -0.39 is 0 Å². The van der Waals surface area contributed by atoms with Crippen molar-refractivity contribution in [1.82, 2.24) is 14.9 Å². The third-order valence-corrected chi connectivity index (χ3v) is 4.52. The lowest BCUT2D eigenvalue weighted by Gasteiger charge is -2.11. The summed E-state index contributed by atoms with van der Waals surface area (Å²) in [5.41, 5.74) is 0.499. The first-order valence-electron chi connectivity index (χ1n) is 7.45. The lowest BCUT2D eigenvalue weighted by atomic mass is 10.2. The maximum atomic E-state index is 12.0. The first-order chi connectivity index (χ1) is 11.5. The third-order valence-electron chi connectivity index (χ3n) is 3.17. The summed E-state index contributed by atoms with van der Waals surface area (Å²) < 4.78 is 1.45. The van der Waals surface area contributed by atoms with Gasteiger partial charge in [0.25, 0.3) is 5.56 Å². The van der Waals surface area contributed by atoms with E-state index in [4.69, 9.17) is 11.6 Å². The van der Waals surface area contributed by atoms with Crippen LogP contribution in [0.4, 0.5) is 0 Å². The van der Waals surface area contributed by atoms with Gasteiger partial charge in [0.05, 0.1) is 11.8 Å². The molecule has 1 aromatic carbocycles. The summed E-state index contributed by atoms with van der Waals surface area (Å²) in [5, 5.41) is 13.2. The SMILES string of the molecule is CCCn1c(SCC(=O)NCc2ccccc2Cl)nc(O)cc1=O. The Hall–Kier alpha value is -1.99. The second kappa shape index (κ2) is 8.75. The van der Waals surface area contributed by atoms with Crippen molar-refractivity contribution < 1.29 is 9.90 Å². The van der Waals surface area contributed by atoms with Crippen LogP contribution in [0.2, 0.25) is 5.02 Å². The molecule has 0 bridgehead atoms. The predicted octanol–water partition coefficient (Wildman–Crippen LogP) is 2.42. The molecule has 0 unspecified atom stereocenters. The number of halogens is 1. The van der Waals surface area contributed by atoms with Crippen LogP contribution in [0, 0.1) is 0 Å². The van der Waals surface area contributed by atoms with Crippen LogP contribution in [0.1, 0.15) is 18.9 Å². The van der Waals surface area contributed by atoms with Gasteiger partial charge in [0, 0.05) is 18.1 Å². The number of aromatic hydroxyl groups is 1. The Morgan fingerprint density at radius 1 is 1.42 bits per heavy atom. The molecular weight excluding hydrogens is 350 g/mol. The Kier molecular flexibility index (Phi) is 6.69. The van der Waals surface area contributed by atoms with E-state index in [1.165, 1.54) is 4.57 Å². The van der Waals surface area contributed by atoms with Gasteiger partial charge >= 0.3 is 0 Å². The van der Waals surface area contributed by atoms with Crippen LogP contribution in [0.3, 0.4) is 0 Å². The molecule has 128 valence electrons. The molecule has 8 heteroatoms. The highest BCUT2D eigenvalue weighted by Gasteiger charge is 2.11. The number of aromatic nitrogens is 2. The van der Waals surface area contributed by atoms with Gasteiger partial charge in [-0.15, -0.1) is 0 Å². The van der Waals surface area contributed by atoms with E-state index in [0.29, 0.717) is 23.3 Å². The molecule has 0 aliphatic heterocycles. The highest BCUT2D eigenvalue weighted by Crippen LogP contribution is 2.17. The van der Waals surface area contributed by atoms with Crippen molar-refractivity contribution in [3.63, 3.8) is 0 Å². The van der Waals surface area contributed by atoms with E-state index in [1.807, 2.05) is 25.1 Å². The fourth-order valence-corrected chi connectivity index (χ4v) is 3.09. The molecule has 0 aliphatic rings. The first kappa shape index (κ1) is 18.4. The Morgan fingerprint density at radius 2 is 2.17 bits per heavy atom. The fraction of sp³-hybridized carbons (Fsp3) is 0.312. The number of carbonyl (C=O) groups is 1. The third kappa shape index (κ3) is 5.01. The molecule has 2 rings (SSSR count). The van der Waals surface area contributed by atoms with Crippen molar-refractivity contribution in [1.29, 1.82) is 0 Å². The van der Waals surface area contributed by atoms with Crippen LogP contribution in [0.25, 0.3) is 0 Å². The highest BCUT2D eigenvalue weighted by atomic mass is 35.5. The number of benzene rings is 1. The van der Waals surface area contributed by atoms with E-state index >= 15 is 0 Å². The molecule has 2 N–H and O–H groups in total. The monoisotopic (exact) mass is 367 g/mol. The van der Waals surface area contributed by atoms with Crippen molar-refractivity contribution in [2.45, 2.75) is 31.6 Å². The molecule has 0 spiro atoms. The topological polar surface area (TPSA) is 84.2 Å².